The lowest BCUT2D eigenvalue weighted by molar-refractivity contribution is 0.531. The molecule has 49 valence electrons. The van der Waals surface area contributed by atoms with Crippen LogP contribution in [0.1, 0.15) is 26.5 Å². The van der Waals surface area contributed by atoms with Gasteiger partial charge in [-0.1, -0.05) is 20.8 Å². The lowest BCUT2D eigenvalue weighted by Crippen LogP contribution is -2.10. The summed E-state index contributed by atoms with van der Waals surface area (Å²) in [4.78, 5) is 3.90. The first-order chi connectivity index (χ1) is 4.11. The molecule has 0 aliphatic heterocycles. The van der Waals surface area contributed by atoms with E-state index < -0.39 is 0 Å². The van der Waals surface area contributed by atoms with E-state index in [2.05, 4.69) is 32.1 Å². The molecule has 1 aromatic rings. The van der Waals surface area contributed by atoms with Gasteiger partial charge in [0.2, 0.25) is 0 Å². The molecule has 0 spiro atoms. The third-order valence-electron chi connectivity index (χ3n) is 1.16. The molecule has 0 aliphatic rings. The minimum atomic E-state index is 0.0868. The fraction of sp³-hybridized carbons (Fsp3) is 0.571. The number of hydrogen-bond donors (Lipinski definition) is 0. The van der Waals surface area contributed by atoms with Crippen LogP contribution in [0.2, 0.25) is 0 Å². The lowest BCUT2D eigenvalue weighted by Gasteiger charge is -2.12. The Bertz CT molecular complexity index is 171. The molecular weight excluding hydrogens is 114 g/mol. The highest BCUT2D eigenvalue weighted by Gasteiger charge is 2.15. The smallest absolute Gasteiger partial charge is 0.283 e. The molecule has 0 amide bonds. The maximum absolute atomic E-state index is 4.70. The molecular formula is C7H10NO. The molecule has 0 saturated heterocycles. The molecule has 0 unspecified atom stereocenters. The predicted octanol–water partition coefficient (Wildman–Crippen LogP) is 1.77. The van der Waals surface area contributed by atoms with Crippen LogP contribution in [0.15, 0.2) is 10.7 Å². The molecule has 0 bridgehead atoms. The second kappa shape index (κ2) is 1.87. The quantitative estimate of drug-likeness (QED) is 0.526. The van der Waals surface area contributed by atoms with Gasteiger partial charge in [0, 0.05) is 5.41 Å². The van der Waals surface area contributed by atoms with Gasteiger partial charge >= 0.3 is 0 Å². The summed E-state index contributed by atoms with van der Waals surface area (Å²) in [5.74, 6) is 0. The molecule has 2 nitrogen and oxygen atoms in total. The van der Waals surface area contributed by atoms with Crippen molar-refractivity contribution in [2.75, 3.05) is 0 Å². The van der Waals surface area contributed by atoms with E-state index >= 15 is 0 Å². The maximum atomic E-state index is 4.70. The van der Waals surface area contributed by atoms with Gasteiger partial charge in [0.1, 0.15) is 6.26 Å². The van der Waals surface area contributed by atoms with Crippen LogP contribution in [0.25, 0.3) is 0 Å². The largest absolute Gasteiger partial charge is 0.441 e. The highest BCUT2D eigenvalue weighted by molar-refractivity contribution is 5.04. The Balaban J connectivity index is 2.90. The van der Waals surface area contributed by atoms with E-state index in [-0.39, 0.29) is 5.41 Å². The summed E-state index contributed by atoms with van der Waals surface area (Å²) in [6.07, 6.45) is 4.04. The van der Waals surface area contributed by atoms with Crippen molar-refractivity contribution in [1.29, 1.82) is 0 Å². The van der Waals surface area contributed by atoms with Crippen molar-refractivity contribution in [3.8, 4) is 0 Å². The van der Waals surface area contributed by atoms with Crippen molar-refractivity contribution in [2.45, 2.75) is 26.2 Å². The molecule has 9 heavy (non-hydrogen) atoms. The van der Waals surface area contributed by atoms with Gasteiger partial charge in [-0.3, -0.25) is 0 Å². The van der Waals surface area contributed by atoms with E-state index in [4.69, 9.17) is 4.42 Å². The van der Waals surface area contributed by atoms with Gasteiger partial charge in [-0.05, 0) is 0 Å². The third kappa shape index (κ3) is 1.31. The van der Waals surface area contributed by atoms with Crippen LogP contribution in [0.4, 0.5) is 0 Å². The summed E-state index contributed by atoms with van der Waals surface area (Å²) >= 11 is 0. The van der Waals surface area contributed by atoms with Crippen LogP contribution in [-0.4, -0.2) is 4.98 Å². The maximum Gasteiger partial charge on any atom is 0.283 e. The molecule has 1 radical (unpaired) electrons. The van der Waals surface area contributed by atoms with E-state index in [1.807, 2.05) is 0 Å². The molecule has 0 aromatic carbocycles. The van der Waals surface area contributed by atoms with E-state index in [0.29, 0.717) is 0 Å². The Hall–Kier alpha value is -0.790. The Kier molecular flexibility index (Phi) is 1.31. The molecule has 2 heteroatoms. The molecule has 0 fully saturated rings. The molecule has 0 atom stereocenters. The lowest BCUT2D eigenvalue weighted by atomic mass is 9.93. The Morgan fingerprint density at radius 1 is 1.56 bits per heavy atom. The van der Waals surface area contributed by atoms with Crippen LogP contribution >= 0.6 is 0 Å². The molecule has 0 saturated carbocycles. The average molecular weight is 124 g/mol. The van der Waals surface area contributed by atoms with Gasteiger partial charge in [-0.25, -0.2) is 4.98 Å². The number of nitrogens with zero attached hydrogens (tertiary/aromatic N) is 1. The van der Waals surface area contributed by atoms with E-state index in [9.17, 15) is 0 Å². The topological polar surface area (TPSA) is 26.0 Å². The van der Waals surface area contributed by atoms with Crippen LogP contribution in [-0.2, 0) is 5.41 Å². The van der Waals surface area contributed by atoms with Crippen LogP contribution in [0.3, 0.4) is 0 Å². The summed E-state index contributed by atoms with van der Waals surface area (Å²) < 4.78 is 4.70. The third-order valence-corrected chi connectivity index (χ3v) is 1.16. The van der Waals surface area contributed by atoms with Gasteiger partial charge in [0.05, 0.1) is 5.69 Å². The Morgan fingerprint density at radius 3 is 2.44 bits per heavy atom. The van der Waals surface area contributed by atoms with Crippen LogP contribution in [0, 0.1) is 6.39 Å². The zero-order valence-electron chi connectivity index (χ0n) is 5.93. The summed E-state index contributed by atoms with van der Waals surface area (Å²) in [5.41, 5.74) is 1.03. The second-order valence-corrected chi connectivity index (χ2v) is 3.07. The van der Waals surface area contributed by atoms with Crippen molar-refractivity contribution in [1.82, 2.24) is 4.98 Å². The van der Waals surface area contributed by atoms with Crippen molar-refractivity contribution < 1.29 is 4.42 Å². The first kappa shape index (κ1) is 6.33. The average Bonchev–Trinajstić information content (AvgIpc) is 2.08. The first-order valence-electron chi connectivity index (χ1n) is 2.93. The summed E-state index contributed by atoms with van der Waals surface area (Å²) in [6.45, 7) is 6.25. The number of hydrogen-bond acceptors (Lipinski definition) is 2. The van der Waals surface area contributed by atoms with Gasteiger partial charge in [-0.2, -0.15) is 0 Å². The summed E-state index contributed by atoms with van der Waals surface area (Å²) in [6, 6.07) is 0. The fourth-order valence-electron chi connectivity index (χ4n) is 0.529. The standard InChI is InChI=1S/C7H10NO/c1-7(2,3)6-4-9-5-8-6/h4H,1-3H3. The van der Waals surface area contributed by atoms with Gasteiger partial charge in [0.15, 0.2) is 0 Å². The van der Waals surface area contributed by atoms with Crippen molar-refractivity contribution in [3.63, 3.8) is 0 Å². The predicted molar refractivity (Wildman–Crippen MR) is 34.0 cm³/mol. The Labute approximate surface area is 54.9 Å². The SMILES string of the molecule is CC(C)(C)c1co[c]n1. The first-order valence-corrected chi connectivity index (χ1v) is 2.93. The zero-order chi connectivity index (χ0) is 6.91. The minimum Gasteiger partial charge on any atom is -0.441 e. The fourth-order valence-corrected chi connectivity index (χ4v) is 0.529. The van der Waals surface area contributed by atoms with E-state index in [0.717, 1.165) is 5.69 Å². The van der Waals surface area contributed by atoms with Crippen molar-refractivity contribution in [3.05, 3.63) is 18.4 Å². The van der Waals surface area contributed by atoms with Crippen LogP contribution < -0.4 is 0 Å². The molecule has 0 N–H and O–H groups in total. The zero-order valence-corrected chi connectivity index (χ0v) is 5.93. The minimum absolute atomic E-state index is 0.0868. The number of aromatic nitrogens is 1. The normalized spacial score (nSPS) is 11.9. The Morgan fingerprint density at radius 2 is 2.22 bits per heavy atom. The monoisotopic (exact) mass is 124 g/mol. The molecule has 0 aliphatic carbocycles. The van der Waals surface area contributed by atoms with Gasteiger partial charge in [0.25, 0.3) is 6.39 Å². The highest BCUT2D eigenvalue weighted by atomic mass is 16.3. The summed E-state index contributed by atoms with van der Waals surface area (Å²) in [7, 11) is 0. The van der Waals surface area contributed by atoms with Crippen molar-refractivity contribution in [2.24, 2.45) is 0 Å². The van der Waals surface area contributed by atoms with Crippen LogP contribution in [0.5, 0.6) is 0 Å². The number of rotatable bonds is 0. The van der Waals surface area contributed by atoms with Gasteiger partial charge in [-0.15, -0.1) is 0 Å². The van der Waals surface area contributed by atoms with Crippen molar-refractivity contribution >= 4 is 0 Å². The van der Waals surface area contributed by atoms with E-state index in [1.165, 1.54) is 0 Å². The molecule has 1 heterocycles. The molecule has 1 aromatic heterocycles. The molecule has 1 rings (SSSR count). The highest BCUT2D eigenvalue weighted by Crippen LogP contribution is 2.18. The summed E-state index contributed by atoms with van der Waals surface area (Å²) in [5, 5.41) is 0. The van der Waals surface area contributed by atoms with E-state index in [1.54, 1.807) is 6.26 Å². The number of oxazole rings is 1. The second-order valence-electron chi connectivity index (χ2n) is 3.07. The van der Waals surface area contributed by atoms with Gasteiger partial charge < -0.3 is 4.42 Å².